The number of benzene rings is 2. The number of rotatable bonds is 3. The van der Waals surface area contributed by atoms with E-state index in [9.17, 15) is 0 Å². The smallest absolute Gasteiger partial charge is 0.0181 e. The number of unbranched alkanes of at least 4 members (excludes halogenated alkanes) is 1. The van der Waals surface area contributed by atoms with Gasteiger partial charge in [0.2, 0.25) is 0 Å². The predicted molar refractivity (Wildman–Crippen MR) is 73.9 cm³/mol. The van der Waals surface area contributed by atoms with Gasteiger partial charge in [0, 0.05) is 0 Å². The molecule has 0 saturated carbocycles. The maximum absolute atomic E-state index is 2.31. The van der Waals surface area contributed by atoms with Crippen molar-refractivity contribution in [1.82, 2.24) is 0 Å². The fraction of sp³-hybridized carbons (Fsp3) is 0.375. The minimum absolute atomic E-state index is 1.21. The number of hydrogen-bond donors (Lipinski definition) is 0. The Morgan fingerprint density at radius 3 is 2.25 bits per heavy atom. The summed E-state index contributed by atoms with van der Waals surface area (Å²) in [6.07, 6.45) is 3.77. The van der Waals surface area contributed by atoms with Crippen molar-refractivity contribution in [3.63, 3.8) is 0 Å². The largest absolute Gasteiger partial charge is 0.0683 e. The molecule has 86 valence electrons. The molecular formula is C16H22. The SMILES string of the molecule is CC.CCCCc1ccc2ccccc2c1. The lowest BCUT2D eigenvalue weighted by molar-refractivity contribution is 0.796. The Hall–Kier alpha value is -1.30. The highest BCUT2D eigenvalue weighted by molar-refractivity contribution is 5.82. The molecule has 0 saturated heterocycles. The average molecular weight is 214 g/mol. The van der Waals surface area contributed by atoms with E-state index in [-0.39, 0.29) is 0 Å². The van der Waals surface area contributed by atoms with Gasteiger partial charge in [0.15, 0.2) is 0 Å². The molecule has 0 spiro atoms. The molecule has 2 aromatic carbocycles. The molecule has 0 atom stereocenters. The molecule has 0 heterocycles. The van der Waals surface area contributed by atoms with E-state index in [0.29, 0.717) is 0 Å². The molecule has 0 radical (unpaired) electrons. The van der Waals surface area contributed by atoms with Gasteiger partial charge in [-0.05, 0) is 29.2 Å². The van der Waals surface area contributed by atoms with Crippen molar-refractivity contribution in [2.75, 3.05) is 0 Å². The van der Waals surface area contributed by atoms with Crippen molar-refractivity contribution in [2.24, 2.45) is 0 Å². The summed E-state index contributed by atoms with van der Waals surface area (Å²) in [5, 5.41) is 2.70. The first-order chi connectivity index (χ1) is 7.90. The molecule has 0 unspecified atom stereocenters. The summed E-state index contributed by atoms with van der Waals surface area (Å²) in [7, 11) is 0. The Labute approximate surface area is 99.3 Å². The fourth-order valence-corrected chi connectivity index (χ4v) is 1.78. The first-order valence-electron chi connectivity index (χ1n) is 6.38. The quantitative estimate of drug-likeness (QED) is 0.658. The van der Waals surface area contributed by atoms with Crippen LogP contribution in [0.25, 0.3) is 10.8 Å². The summed E-state index contributed by atoms with van der Waals surface area (Å²) >= 11 is 0. The minimum Gasteiger partial charge on any atom is -0.0683 e. The van der Waals surface area contributed by atoms with Gasteiger partial charge in [-0.1, -0.05) is 69.7 Å². The van der Waals surface area contributed by atoms with Crippen LogP contribution in [0.1, 0.15) is 39.2 Å². The van der Waals surface area contributed by atoms with Crippen LogP contribution in [0.5, 0.6) is 0 Å². The van der Waals surface area contributed by atoms with Crippen molar-refractivity contribution < 1.29 is 0 Å². The molecule has 0 aliphatic carbocycles. The zero-order valence-electron chi connectivity index (χ0n) is 10.7. The van der Waals surface area contributed by atoms with Gasteiger partial charge in [-0.2, -0.15) is 0 Å². The fourth-order valence-electron chi connectivity index (χ4n) is 1.78. The molecule has 0 heteroatoms. The second-order valence-corrected chi connectivity index (χ2v) is 3.79. The molecule has 2 aromatic rings. The first kappa shape index (κ1) is 12.8. The molecule has 0 aliphatic heterocycles. The lowest BCUT2D eigenvalue weighted by Gasteiger charge is -2.02. The highest BCUT2D eigenvalue weighted by Gasteiger charge is 1.95. The number of fused-ring (bicyclic) bond motifs is 1. The lowest BCUT2D eigenvalue weighted by Crippen LogP contribution is -1.84. The van der Waals surface area contributed by atoms with E-state index in [1.54, 1.807) is 0 Å². The maximum Gasteiger partial charge on any atom is -0.0181 e. The molecule has 0 fully saturated rings. The Bertz CT molecular complexity index is 415. The summed E-state index contributed by atoms with van der Waals surface area (Å²) in [5.41, 5.74) is 1.46. The van der Waals surface area contributed by atoms with Gasteiger partial charge in [-0.25, -0.2) is 0 Å². The van der Waals surface area contributed by atoms with Crippen molar-refractivity contribution >= 4 is 10.8 Å². The second-order valence-electron chi connectivity index (χ2n) is 3.79. The third-order valence-corrected chi connectivity index (χ3v) is 2.63. The second kappa shape index (κ2) is 7.05. The molecular weight excluding hydrogens is 192 g/mol. The van der Waals surface area contributed by atoms with E-state index in [4.69, 9.17) is 0 Å². The number of aryl methyl sites for hydroxylation is 1. The van der Waals surface area contributed by atoms with Gasteiger partial charge < -0.3 is 0 Å². The van der Waals surface area contributed by atoms with Gasteiger partial charge in [-0.15, -0.1) is 0 Å². The van der Waals surface area contributed by atoms with Gasteiger partial charge in [0.1, 0.15) is 0 Å². The Balaban J connectivity index is 0.000000606. The molecule has 2 rings (SSSR count). The Morgan fingerprint density at radius 2 is 1.56 bits per heavy atom. The molecule has 0 amide bonds. The predicted octanol–water partition coefficient (Wildman–Crippen LogP) is 5.21. The van der Waals surface area contributed by atoms with Crippen molar-refractivity contribution in [3.05, 3.63) is 48.0 Å². The Morgan fingerprint density at radius 1 is 0.875 bits per heavy atom. The molecule has 0 nitrogen and oxygen atoms in total. The molecule has 0 aliphatic rings. The summed E-state index contributed by atoms with van der Waals surface area (Å²) < 4.78 is 0. The van der Waals surface area contributed by atoms with Crippen LogP contribution in [0, 0.1) is 0 Å². The van der Waals surface area contributed by atoms with E-state index in [1.165, 1.54) is 35.6 Å². The van der Waals surface area contributed by atoms with Crippen LogP contribution in [0.15, 0.2) is 42.5 Å². The summed E-state index contributed by atoms with van der Waals surface area (Å²) in [6.45, 7) is 6.24. The standard InChI is InChI=1S/C14H16.C2H6/c1-2-3-6-12-9-10-13-7-4-5-8-14(13)11-12;1-2/h4-5,7-11H,2-3,6H2,1H3;1-2H3. The minimum atomic E-state index is 1.21. The van der Waals surface area contributed by atoms with E-state index in [1.807, 2.05) is 13.8 Å². The molecule has 16 heavy (non-hydrogen) atoms. The zero-order chi connectivity index (χ0) is 11.8. The number of hydrogen-bond acceptors (Lipinski definition) is 0. The van der Waals surface area contributed by atoms with E-state index < -0.39 is 0 Å². The monoisotopic (exact) mass is 214 g/mol. The van der Waals surface area contributed by atoms with E-state index in [2.05, 4.69) is 49.4 Å². The van der Waals surface area contributed by atoms with Crippen LogP contribution in [0.3, 0.4) is 0 Å². The average Bonchev–Trinajstić information content (AvgIpc) is 2.38. The third kappa shape index (κ3) is 3.37. The third-order valence-electron chi connectivity index (χ3n) is 2.63. The van der Waals surface area contributed by atoms with Crippen molar-refractivity contribution in [3.8, 4) is 0 Å². The van der Waals surface area contributed by atoms with Gasteiger partial charge in [0.25, 0.3) is 0 Å². The highest BCUT2D eigenvalue weighted by atomic mass is 14.0. The molecule has 0 bridgehead atoms. The van der Waals surface area contributed by atoms with Crippen LogP contribution >= 0.6 is 0 Å². The van der Waals surface area contributed by atoms with Crippen LogP contribution in [0.2, 0.25) is 0 Å². The summed E-state index contributed by atoms with van der Waals surface area (Å²) in [6, 6.07) is 15.3. The molecule has 0 N–H and O–H groups in total. The van der Waals surface area contributed by atoms with Gasteiger partial charge >= 0.3 is 0 Å². The van der Waals surface area contributed by atoms with Crippen molar-refractivity contribution in [2.45, 2.75) is 40.0 Å². The van der Waals surface area contributed by atoms with E-state index >= 15 is 0 Å². The lowest BCUT2D eigenvalue weighted by atomic mass is 10.0. The Kier molecular flexibility index (Phi) is 5.63. The normalized spacial score (nSPS) is 9.69. The van der Waals surface area contributed by atoms with Gasteiger partial charge in [0.05, 0.1) is 0 Å². The highest BCUT2D eigenvalue weighted by Crippen LogP contribution is 2.16. The summed E-state index contributed by atoms with van der Waals surface area (Å²) in [4.78, 5) is 0. The topological polar surface area (TPSA) is 0 Å². The van der Waals surface area contributed by atoms with Crippen LogP contribution in [-0.2, 0) is 6.42 Å². The van der Waals surface area contributed by atoms with Crippen LogP contribution < -0.4 is 0 Å². The zero-order valence-corrected chi connectivity index (χ0v) is 10.7. The van der Waals surface area contributed by atoms with Gasteiger partial charge in [-0.3, -0.25) is 0 Å². The summed E-state index contributed by atoms with van der Waals surface area (Å²) in [5.74, 6) is 0. The molecule has 0 aromatic heterocycles. The van der Waals surface area contributed by atoms with Crippen LogP contribution in [0.4, 0.5) is 0 Å². The van der Waals surface area contributed by atoms with Crippen molar-refractivity contribution in [1.29, 1.82) is 0 Å². The first-order valence-corrected chi connectivity index (χ1v) is 6.38. The maximum atomic E-state index is 2.31. The van der Waals surface area contributed by atoms with E-state index in [0.717, 1.165) is 0 Å². The van der Waals surface area contributed by atoms with Crippen LogP contribution in [-0.4, -0.2) is 0 Å².